The Bertz CT molecular complexity index is 1020. The van der Waals surface area contributed by atoms with Gasteiger partial charge in [0.1, 0.15) is 11.6 Å². The molecule has 9 heteroatoms. The van der Waals surface area contributed by atoms with E-state index in [4.69, 9.17) is 4.74 Å². The lowest BCUT2D eigenvalue weighted by Crippen LogP contribution is -2.17. The highest BCUT2D eigenvalue weighted by Crippen LogP contribution is 2.28. The number of anilines is 1. The van der Waals surface area contributed by atoms with E-state index in [1.165, 1.54) is 23.9 Å². The van der Waals surface area contributed by atoms with Crippen LogP contribution in [0.1, 0.15) is 38.7 Å². The highest BCUT2D eigenvalue weighted by molar-refractivity contribution is 7.99. The number of benzene rings is 2. The minimum Gasteiger partial charge on any atom is -0.483 e. The molecule has 0 fully saturated rings. The Hall–Kier alpha value is -2.52. The highest BCUT2D eigenvalue weighted by Gasteiger charge is 2.22. The smallest absolute Gasteiger partial charge is 0.234 e. The highest BCUT2D eigenvalue weighted by atomic mass is 32.2. The van der Waals surface area contributed by atoms with Crippen LogP contribution < -0.4 is 10.1 Å². The van der Waals surface area contributed by atoms with Gasteiger partial charge in [0, 0.05) is 10.9 Å². The van der Waals surface area contributed by atoms with Gasteiger partial charge in [0.25, 0.3) is 0 Å². The van der Waals surface area contributed by atoms with Crippen LogP contribution in [0.5, 0.6) is 5.75 Å². The summed E-state index contributed by atoms with van der Waals surface area (Å²) in [6.07, 6.45) is 1.58. The maximum atomic E-state index is 13.1. The quantitative estimate of drug-likeness (QED) is 0.420. The summed E-state index contributed by atoms with van der Waals surface area (Å²) in [5.41, 5.74) is 0.799. The molecule has 3 rings (SSSR count). The van der Waals surface area contributed by atoms with Crippen molar-refractivity contribution in [1.29, 1.82) is 0 Å². The lowest BCUT2D eigenvalue weighted by atomic mass is 10.3. The topological polar surface area (TPSA) is 69.0 Å². The number of halogens is 1. The Morgan fingerprint density at radius 3 is 2.52 bits per heavy atom. The van der Waals surface area contributed by atoms with Crippen LogP contribution in [-0.2, 0) is 4.79 Å². The van der Waals surface area contributed by atoms with Crippen LogP contribution in [0.2, 0.25) is 0 Å². The second-order valence-electron chi connectivity index (χ2n) is 7.06. The molecule has 1 aromatic heterocycles. The van der Waals surface area contributed by atoms with E-state index >= 15 is 0 Å². The van der Waals surface area contributed by atoms with Gasteiger partial charge in [-0.25, -0.2) is 4.39 Å². The molecule has 0 aliphatic rings. The average molecular weight is 461 g/mol. The number of hydrogen-bond donors (Lipinski definition) is 1. The van der Waals surface area contributed by atoms with E-state index in [1.807, 2.05) is 55.9 Å². The van der Waals surface area contributed by atoms with Crippen LogP contribution >= 0.6 is 23.5 Å². The number of thioether (sulfide) groups is 2. The van der Waals surface area contributed by atoms with E-state index in [0.29, 0.717) is 16.7 Å². The summed E-state index contributed by atoms with van der Waals surface area (Å²) in [5, 5.41) is 12.2. The summed E-state index contributed by atoms with van der Waals surface area (Å²) in [5.74, 6) is 0.980. The molecule has 0 saturated carbocycles. The first-order chi connectivity index (χ1) is 14.9. The summed E-state index contributed by atoms with van der Waals surface area (Å²) in [6.45, 7) is 5.92. The van der Waals surface area contributed by atoms with E-state index in [-0.39, 0.29) is 23.5 Å². The van der Waals surface area contributed by atoms with Crippen molar-refractivity contribution in [3.05, 3.63) is 60.2 Å². The fourth-order valence-electron chi connectivity index (χ4n) is 2.98. The molecular formula is C22H25FN4O2S2. The molecule has 1 amide bonds. The molecule has 0 radical (unpaired) electrons. The van der Waals surface area contributed by atoms with Crippen molar-refractivity contribution >= 4 is 35.1 Å². The maximum Gasteiger partial charge on any atom is 0.234 e. The van der Waals surface area contributed by atoms with E-state index < -0.39 is 6.10 Å². The fourth-order valence-corrected chi connectivity index (χ4v) is 4.41. The van der Waals surface area contributed by atoms with Crippen molar-refractivity contribution in [3.8, 4) is 5.75 Å². The van der Waals surface area contributed by atoms with Crippen molar-refractivity contribution in [2.24, 2.45) is 0 Å². The van der Waals surface area contributed by atoms with Gasteiger partial charge in [0.2, 0.25) is 5.91 Å². The summed E-state index contributed by atoms with van der Waals surface area (Å²) >= 11 is 2.91. The minimum absolute atomic E-state index is 0.0760. The largest absolute Gasteiger partial charge is 0.483 e. The number of carbonyl (C=O) groups is 1. The van der Waals surface area contributed by atoms with Gasteiger partial charge in [0.15, 0.2) is 17.1 Å². The number of ether oxygens (including phenoxy) is 1. The van der Waals surface area contributed by atoms with Crippen LogP contribution in [0.15, 0.2) is 58.6 Å². The van der Waals surface area contributed by atoms with Crippen LogP contribution in [0.4, 0.5) is 10.1 Å². The number of aromatic nitrogens is 3. The van der Waals surface area contributed by atoms with E-state index in [1.54, 1.807) is 23.9 Å². The number of carbonyl (C=O) groups excluding carboxylic acids is 1. The number of amides is 1. The van der Waals surface area contributed by atoms with Crippen molar-refractivity contribution in [2.45, 2.75) is 43.0 Å². The average Bonchev–Trinajstić information content (AvgIpc) is 3.19. The van der Waals surface area contributed by atoms with Crippen molar-refractivity contribution in [2.75, 3.05) is 17.3 Å². The van der Waals surface area contributed by atoms with Gasteiger partial charge in [-0.1, -0.05) is 23.9 Å². The Balaban J connectivity index is 1.68. The molecule has 3 aromatic rings. The van der Waals surface area contributed by atoms with E-state index in [2.05, 4.69) is 15.5 Å². The third-order valence-electron chi connectivity index (χ3n) is 4.41. The van der Waals surface area contributed by atoms with Crippen LogP contribution in [-0.4, -0.2) is 32.7 Å². The second-order valence-corrected chi connectivity index (χ2v) is 8.85. The molecule has 0 bridgehead atoms. The molecule has 1 N–H and O–H groups in total. The predicted octanol–water partition coefficient (Wildman–Crippen LogP) is 5.59. The third-order valence-corrected chi connectivity index (χ3v) is 6.15. The predicted molar refractivity (Wildman–Crippen MR) is 123 cm³/mol. The number of rotatable bonds is 9. The summed E-state index contributed by atoms with van der Waals surface area (Å²) in [4.78, 5) is 13.5. The van der Waals surface area contributed by atoms with Crippen LogP contribution in [0.3, 0.4) is 0 Å². The first-order valence-electron chi connectivity index (χ1n) is 9.81. The molecule has 2 aromatic carbocycles. The molecule has 164 valence electrons. The van der Waals surface area contributed by atoms with Gasteiger partial charge in [-0.05, 0) is 63.4 Å². The molecule has 0 saturated heterocycles. The van der Waals surface area contributed by atoms with Gasteiger partial charge in [0.05, 0.1) is 11.4 Å². The monoisotopic (exact) mass is 460 g/mol. The van der Waals surface area contributed by atoms with Gasteiger partial charge in [-0.3, -0.25) is 4.79 Å². The zero-order valence-corrected chi connectivity index (χ0v) is 19.5. The Morgan fingerprint density at radius 1 is 1.13 bits per heavy atom. The maximum absolute atomic E-state index is 13.1. The van der Waals surface area contributed by atoms with Crippen LogP contribution in [0.25, 0.3) is 0 Å². The Kier molecular flexibility index (Phi) is 7.97. The third kappa shape index (κ3) is 6.01. The normalized spacial score (nSPS) is 12.1. The first-order valence-corrected chi connectivity index (χ1v) is 12.0. The first kappa shape index (κ1) is 23.1. The molecule has 0 spiro atoms. The molecule has 1 atom stereocenters. The molecule has 6 nitrogen and oxygen atoms in total. The summed E-state index contributed by atoms with van der Waals surface area (Å²) in [6, 6.07) is 13.6. The number of nitrogens with one attached hydrogen (secondary N) is 1. The Morgan fingerprint density at radius 2 is 1.84 bits per heavy atom. The second kappa shape index (κ2) is 10.7. The Labute approximate surface area is 190 Å². The molecule has 31 heavy (non-hydrogen) atoms. The van der Waals surface area contributed by atoms with Gasteiger partial charge in [-0.15, -0.1) is 22.0 Å². The van der Waals surface area contributed by atoms with Gasteiger partial charge >= 0.3 is 0 Å². The fraction of sp³-hybridized carbons (Fsp3) is 0.318. The number of hydrogen-bond acceptors (Lipinski definition) is 6. The van der Waals surface area contributed by atoms with E-state index in [9.17, 15) is 9.18 Å². The number of para-hydroxylation sites is 1. The zero-order valence-electron chi connectivity index (χ0n) is 17.8. The van der Waals surface area contributed by atoms with Crippen molar-refractivity contribution in [3.63, 3.8) is 0 Å². The van der Waals surface area contributed by atoms with Gasteiger partial charge in [-0.2, -0.15) is 0 Å². The molecular weight excluding hydrogens is 435 g/mol. The molecule has 0 aliphatic heterocycles. The SMILES string of the molecule is CSc1ccccc1NC(=O)CSc1nnc(C(C)Oc2ccc(F)cc2)n1C(C)C. The van der Waals surface area contributed by atoms with Crippen LogP contribution in [0, 0.1) is 5.82 Å². The minimum atomic E-state index is -0.392. The van der Waals surface area contributed by atoms with E-state index in [0.717, 1.165) is 10.6 Å². The van der Waals surface area contributed by atoms with Gasteiger partial charge < -0.3 is 14.6 Å². The summed E-state index contributed by atoms with van der Waals surface area (Å²) < 4.78 is 21.0. The standard InChI is InChI=1S/C22H25FN4O2S2/c1-14(2)27-21(15(3)29-17-11-9-16(23)10-12-17)25-26-22(27)31-13-20(28)24-18-7-5-6-8-19(18)30-4/h5-12,14-15H,13H2,1-4H3,(H,24,28). The number of nitrogens with zero attached hydrogens (tertiary/aromatic N) is 3. The summed E-state index contributed by atoms with van der Waals surface area (Å²) in [7, 11) is 0. The van der Waals surface area contributed by atoms with Crippen molar-refractivity contribution < 1.29 is 13.9 Å². The zero-order chi connectivity index (χ0) is 22.4. The lowest BCUT2D eigenvalue weighted by molar-refractivity contribution is -0.113. The van der Waals surface area contributed by atoms with Crippen molar-refractivity contribution in [1.82, 2.24) is 14.8 Å². The lowest BCUT2D eigenvalue weighted by Gasteiger charge is -2.19. The molecule has 0 aliphatic carbocycles. The molecule has 1 heterocycles. The molecule has 1 unspecified atom stereocenters.